The third kappa shape index (κ3) is 2.55. The Labute approximate surface area is 133 Å². The second kappa shape index (κ2) is 5.98. The van der Waals surface area contributed by atoms with Gasteiger partial charge in [-0.25, -0.2) is 8.78 Å². The van der Waals surface area contributed by atoms with Crippen LogP contribution in [0.2, 0.25) is 0 Å². The Balaban J connectivity index is 2.20. The fraction of sp³-hybridized carbons (Fsp3) is 0.0625. The van der Waals surface area contributed by atoms with Crippen LogP contribution in [0.3, 0.4) is 0 Å². The Morgan fingerprint density at radius 3 is 2.59 bits per heavy atom. The molecule has 3 rings (SSSR count). The van der Waals surface area contributed by atoms with E-state index >= 15 is 0 Å². The van der Waals surface area contributed by atoms with Crippen molar-refractivity contribution in [2.45, 2.75) is 6.61 Å². The third-order valence-corrected chi connectivity index (χ3v) is 3.94. The summed E-state index contributed by atoms with van der Waals surface area (Å²) in [5, 5.41) is 13.4. The van der Waals surface area contributed by atoms with Crippen LogP contribution in [-0.4, -0.2) is 10.3 Å². The Bertz CT molecular complexity index is 833. The molecule has 1 N–H and O–H groups in total. The fourth-order valence-corrected chi connectivity index (χ4v) is 2.67. The van der Waals surface area contributed by atoms with Crippen molar-refractivity contribution >= 4 is 15.9 Å². The van der Waals surface area contributed by atoms with E-state index in [9.17, 15) is 13.9 Å². The van der Waals surface area contributed by atoms with Crippen LogP contribution in [0.15, 0.2) is 51.5 Å². The van der Waals surface area contributed by atoms with E-state index in [4.69, 9.17) is 4.52 Å². The van der Waals surface area contributed by atoms with E-state index in [2.05, 4.69) is 21.1 Å². The zero-order valence-corrected chi connectivity index (χ0v) is 12.8. The van der Waals surface area contributed by atoms with Crippen LogP contribution < -0.4 is 0 Å². The molecule has 1 aromatic heterocycles. The highest BCUT2D eigenvalue weighted by Crippen LogP contribution is 2.36. The summed E-state index contributed by atoms with van der Waals surface area (Å²) in [6, 6.07) is 10.3. The molecule has 0 bridgehead atoms. The minimum atomic E-state index is -0.636. The smallest absolute Gasteiger partial charge is 0.174 e. The van der Waals surface area contributed by atoms with E-state index in [0.717, 1.165) is 22.7 Å². The summed E-state index contributed by atoms with van der Waals surface area (Å²) in [5.74, 6) is -0.914. The average Bonchev–Trinajstić information content (AvgIpc) is 2.93. The number of aliphatic hydroxyl groups is 1. The summed E-state index contributed by atoms with van der Waals surface area (Å²) < 4.78 is 33.3. The van der Waals surface area contributed by atoms with Crippen LogP contribution in [0.25, 0.3) is 22.6 Å². The van der Waals surface area contributed by atoms with Gasteiger partial charge in [0, 0.05) is 15.6 Å². The van der Waals surface area contributed by atoms with Crippen molar-refractivity contribution in [2.75, 3.05) is 0 Å². The maximum atomic E-state index is 13.9. The van der Waals surface area contributed by atoms with Gasteiger partial charge in [-0.05, 0) is 30.3 Å². The van der Waals surface area contributed by atoms with Gasteiger partial charge in [-0.15, -0.1) is 0 Å². The largest absolute Gasteiger partial charge is 0.391 e. The molecule has 3 aromatic rings. The lowest BCUT2D eigenvalue weighted by molar-refractivity contribution is 0.281. The summed E-state index contributed by atoms with van der Waals surface area (Å²) in [6.07, 6.45) is 0. The lowest BCUT2D eigenvalue weighted by Crippen LogP contribution is -1.93. The van der Waals surface area contributed by atoms with Crippen molar-refractivity contribution in [3.63, 3.8) is 0 Å². The van der Waals surface area contributed by atoms with Gasteiger partial charge in [0.15, 0.2) is 5.76 Å². The Morgan fingerprint density at radius 2 is 1.86 bits per heavy atom. The Morgan fingerprint density at radius 1 is 1.09 bits per heavy atom. The molecule has 0 unspecified atom stereocenters. The number of hydrogen-bond donors (Lipinski definition) is 1. The first-order valence-corrected chi connectivity index (χ1v) is 7.21. The molecule has 0 aliphatic carbocycles. The van der Waals surface area contributed by atoms with Gasteiger partial charge in [0.05, 0.1) is 12.2 Å². The van der Waals surface area contributed by atoms with Crippen LogP contribution in [0.1, 0.15) is 5.56 Å². The number of benzene rings is 2. The lowest BCUT2D eigenvalue weighted by atomic mass is 10.0. The summed E-state index contributed by atoms with van der Waals surface area (Å²) in [5.41, 5.74) is 1.01. The molecule has 0 atom stereocenters. The molecule has 1 heterocycles. The summed E-state index contributed by atoms with van der Waals surface area (Å²) in [4.78, 5) is 0. The quantitative estimate of drug-likeness (QED) is 0.740. The molecule has 0 radical (unpaired) electrons. The van der Waals surface area contributed by atoms with Gasteiger partial charge in [-0.1, -0.05) is 33.2 Å². The molecular formula is C16H10BrF2NO2. The van der Waals surface area contributed by atoms with Crippen LogP contribution in [0, 0.1) is 11.6 Å². The monoisotopic (exact) mass is 365 g/mol. The van der Waals surface area contributed by atoms with Crippen molar-refractivity contribution in [3.8, 4) is 22.6 Å². The van der Waals surface area contributed by atoms with Crippen molar-refractivity contribution in [1.29, 1.82) is 0 Å². The molecule has 22 heavy (non-hydrogen) atoms. The molecule has 0 aliphatic heterocycles. The first kappa shape index (κ1) is 14.9. The maximum Gasteiger partial charge on any atom is 0.174 e. The van der Waals surface area contributed by atoms with Gasteiger partial charge in [0.2, 0.25) is 0 Å². The number of aromatic nitrogens is 1. The molecule has 0 amide bonds. The van der Waals surface area contributed by atoms with E-state index in [1.54, 1.807) is 18.2 Å². The Hall–Kier alpha value is -2.05. The van der Waals surface area contributed by atoms with Crippen LogP contribution >= 0.6 is 15.9 Å². The number of hydrogen-bond acceptors (Lipinski definition) is 3. The van der Waals surface area contributed by atoms with E-state index in [-0.39, 0.29) is 11.3 Å². The molecule has 0 aliphatic rings. The molecular weight excluding hydrogens is 356 g/mol. The summed E-state index contributed by atoms with van der Waals surface area (Å²) in [6.45, 7) is -0.411. The van der Waals surface area contributed by atoms with E-state index in [1.807, 2.05) is 6.07 Å². The van der Waals surface area contributed by atoms with E-state index < -0.39 is 18.2 Å². The van der Waals surface area contributed by atoms with Crippen LogP contribution in [-0.2, 0) is 6.61 Å². The second-order valence-corrected chi connectivity index (χ2v) is 5.46. The van der Waals surface area contributed by atoms with E-state index in [1.165, 1.54) is 0 Å². The maximum absolute atomic E-state index is 13.9. The normalized spacial score (nSPS) is 10.9. The van der Waals surface area contributed by atoms with Crippen LogP contribution in [0.5, 0.6) is 0 Å². The molecule has 0 saturated carbocycles. The fourth-order valence-electron chi connectivity index (χ4n) is 2.20. The van der Waals surface area contributed by atoms with Crippen molar-refractivity contribution < 1.29 is 18.4 Å². The number of nitrogens with zero attached hydrogens (tertiary/aromatic N) is 1. The van der Waals surface area contributed by atoms with Gasteiger partial charge in [-0.2, -0.15) is 0 Å². The first-order valence-electron chi connectivity index (χ1n) is 6.41. The predicted molar refractivity (Wildman–Crippen MR) is 80.9 cm³/mol. The third-order valence-electron chi connectivity index (χ3n) is 3.25. The van der Waals surface area contributed by atoms with Crippen molar-refractivity contribution in [1.82, 2.24) is 5.16 Å². The standard InChI is InChI=1S/C16H10BrF2NO2/c17-13-4-2-1-3-10(13)16-12(8-21)15(20-22-16)11-7-9(18)5-6-14(11)19/h1-7,21H,8H2. The summed E-state index contributed by atoms with van der Waals surface area (Å²) >= 11 is 3.38. The molecule has 2 aromatic carbocycles. The first-order chi connectivity index (χ1) is 10.6. The molecule has 6 heteroatoms. The van der Waals surface area contributed by atoms with Crippen molar-refractivity contribution in [2.24, 2.45) is 0 Å². The zero-order chi connectivity index (χ0) is 15.7. The van der Waals surface area contributed by atoms with Gasteiger partial charge < -0.3 is 9.63 Å². The highest BCUT2D eigenvalue weighted by Gasteiger charge is 2.22. The topological polar surface area (TPSA) is 46.3 Å². The molecule has 0 spiro atoms. The molecule has 0 fully saturated rings. The van der Waals surface area contributed by atoms with Gasteiger partial charge in [0.1, 0.15) is 17.3 Å². The predicted octanol–water partition coefficient (Wildman–Crippen LogP) is 4.54. The number of rotatable bonds is 3. The van der Waals surface area contributed by atoms with Crippen molar-refractivity contribution in [3.05, 3.63) is 64.1 Å². The zero-order valence-electron chi connectivity index (χ0n) is 11.2. The number of aliphatic hydroxyl groups excluding tert-OH is 1. The molecule has 3 nitrogen and oxygen atoms in total. The highest BCUT2D eigenvalue weighted by atomic mass is 79.9. The van der Waals surface area contributed by atoms with Crippen LogP contribution in [0.4, 0.5) is 8.78 Å². The minimum absolute atomic E-state index is 0.0499. The molecule has 112 valence electrons. The van der Waals surface area contributed by atoms with Gasteiger partial charge in [0.25, 0.3) is 0 Å². The molecule has 0 saturated heterocycles. The average molecular weight is 366 g/mol. The van der Waals surface area contributed by atoms with Gasteiger partial charge >= 0.3 is 0 Å². The van der Waals surface area contributed by atoms with E-state index in [0.29, 0.717) is 16.9 Å². The number of halogens is 3. The SMILES string of the molecule is OCc1c(-c2cc(F)ccc2F)noc1-c1ccccc1Br. The Kier molecular flexibility index (Phi) is 4.04. The lowest BCUT2D eigenvalue weighted by Gasteiger charge is -2.04. The minimum Gasteiger partial charge on any atom is -0.391 e. The highest BCUT2D eigenvalue weighted by molar-refractivity contribution is 9.10. The van der Waals surface area contributed by atoms with Gasteiger partial charge in [-0.3, -0.25) is 0 Å². The summed E-state index contributed by atoms with van der Waals surface area (Å²) in [7, 11) is 0. The second-order valence-electron chi connectivity index (χ2n) is 4.60.